The molecule has 1 aromatic carbocycles. The molecule has 3 aromatic rings. The van der Waals surface area contributed by atoms with Gasteiger partial charge in [-0.15, -0.1) is 5.10 Å². The molecule has 2 aromatic heterocycles. The maximum atomic E-state index is 5.78. The highest BCUT2D eigenvalue weighted by Crippen LogP contribution is 2.26. The normalized spacial score (nSPS) is 15.3. The molecule has 0 bridgehead atoms. The highest BCUT2D eigenvalue weighted by Gasteiger charge is 2.18. The van der Waals surface area contributed by atoms with Crippen LogP contribution in [0.5, 0.6) is 0 Å². The van der Waals surface area contributed by atoms with Crippen LogP contribution in [0, 0.1) is 6.92 Å². The van der Waals surface area contributed by atoms with Gasteiger partial charge in [-0.05, 0) is 42.8 Å². The second kappa shape index (κ2) is 5.55. The fourth-order valence-corrected chi connectivity index (χ4v) is 2.88. The van der Waals surface area contributed by atoms with Crippen LogP contribution >= 0.6 is 0 Å². The standard InChI is InChI=1S/C17H19N5O/c1-12-10-15-17(21-6-8-23-9-7-21)19-16(20-22(15)11-12)13-2-4-14(18)5-3-13/h2-5,10-11H,6-9,18H2,1H3. The monoisotopic (exact) mass is 309 g/mol. The van der Waals surface area contributed by atoms with Gasteiger partial charge in [0.15, 0.2) is 11.6 Å². The van der Waals surface area contributed by atoms with Crippen LogP contribution in [0.3, 0.4) is 0 Å². The number of nitrogens with two attached hydrogens (primary N) is 1. The van der Waals surface area contributed by atoms with Gasteiger partial charge in [0.05, 0.1) is 13.2 Å². The van der Waals surface area contributed by atoms with E-state index in [9.17, 15) is 0 Å². The first-order valence-corrected chi connectivity index (χ1v) is 7.76. The van der Waals surface area contributed by atoms with Crippen LogP contribution in [0.2, 0.25) is 0 Å². The molecule has 1 aliphatic rings. The third kappa shape index (κ3) is 2.61. The number of aryl methyl sites for hydroxylation is 1. The number of fused-ring (bicyclic) bond motifs is 1. The van der Waals surface area contributed by atoms with E-state index in [0.29, 0.717) is 5.82 Å². The lowest BCUT2D eigenvalue weighted by Crippen LogP contribution is -2.37. The van der Waals surface area contributed by atoms with Crippen molar-refractivity contribution < 1.29 is 4.74 Å². The van der Waals surface area contributed by atoms with Crippen LogP contribution in [0.1, 0.15) is 5.56 Å². The summed E-state index contributed by atoms with van der Waals surface area (Å²) in [6, 6.07) is 9.78. The number of morpholine rings is 1. The van der Waals surface area contributed by atoms with Crippen molar-refractivity contribution in [2.75, 3.05) is 36.9 Å². The van der Waals surface area contributed by atoms with Gasteiger partial charge in [0.25, 0.3) is 0 Å². The van der Waals surface area contributed by atoms with Gasteiger partial charge in [-0.3, -0.25) is 0 Å². The summed E-state index contributed by atoms with van der Waals surface area (Å²) < 4.78 is 7.38. The molecule has 0 atom stereocenters. The SMILES string of the molecule is Cc1cc2c(N3CCOCC3)nc(-c3ccc(N)cc3)nn2c1. The van der Waals surface area contributed by atoms with E-state index in [1.807, 2.05) is 35.0 Å². The van der Waals surface area contributed by atoms with Crippen LogP contribution < -0.4 is 10.6 Å². The van der Waals surface area contributed by atoms with Crippen molar-refractivity contribution >= 4 is 17.0 Å². The third-order valence-corrected chi connectivity index (χ3v) is 4.06. The maximum absolute atomic E-state index is 5.78. The van der Waals surface area contributed by atoms with Crippen molar-refractivity contribution in [3.8, 4) is 11.4 Å². The fraction of sp³-hybridized carbons (Fsp3) is 0.294. The van der Waals surface area contributed by atoms with Gasteiger partial charge >= 0.3 is 0 Å². The molecule has 0 spiro atoms. The number of ether oxygens (including phenoxy) is 1. The van der Waals surface area contributed by atoms with Crippen LogP contribution in [0.15, 0.2) is 36.5 Å². The molecule has 0 saturated carbocycles. The van der Waals surface area contributed by atoms with Crippen LogP contribution in [0.4, 0.5) is 11.5 Å². The van der Waals surface area contributed by atoms with Crippen molar-refractivity contribution in [2.24, 2.45) is 0 Å². The molecule has 6 nitrogen and oxygen atoms in total. The van der Waals surface area contributed by atoms with Crippen molar-refractivity contribution in [1.29, 1.82) is 0 Å². The Kier molecular flexibility index (Phi) is 3.38. The van der Waals surface area contributed by atoms with E-state index in [0.717, 1.165) is 48.9 Å². The summed E-state index contributed by atoms with van der Waals surface area (Å²) in [5.74, 6) is 1.66. The van der Waals surface area contributed by atoms with E-state index in [2.05, 4.69) is 23.0 Å². The average Bonchev–Trinajstić information content (AvgIpc) is 2.95. The Balaban J connectivity index is 1.87. The number of hydrogen-bond donors (Lipinski definition) is 1. The quantitative estimate of drug-likeness (QED) is 0.734. The summed E-state index contributed by atoms with van der Waals surface area (Å²) in [5, 5.41) is 4.66. The maximum Gasteiger partial charge on any atom is 0.182 e. The van der Waals surface area contributed by atoms with Crippen molar-refractivity contribution in [3.05, 3.63) is 42.1 Å². The third-order valence-electron chi connectivity index (χ3n) is 4.06. The molecule has 0 aliphatic carbocycles. The highest BCUT2D eigenvalue weighted by atomic mass is 16.5. The summed E-state index contributed by atoms with van der Waals surface area (Å²) in [6.07, 6.45) is 2.03. The minimum absolute atomic E-state index is 0.703. The molecular formula is C17H19N5O. The lowest BCUT2D eigenvalue weighted by molar-refractivity contribution is 0.122. The molecule has 0 radical (unpaired) electrons. The number of anilines is 2. The number of hydrogen-bond acceptors (Lipinski definition) is 5. The topological polar surface area (TPSA) is 68.7 Å². The highest BCUT2D eigenvalue weighted by molar-refractivity contribution is 5.73. The van der Waals surface area contributed by atoms with Gasteiger partial charge in [-0.2, -0.15) is 0 Å². The van der Waals surface area contributed by atoms with Gasteiger partial charge in [-0.25, -0.2) is 9.50 Å². The Labute approximate surface area is 134 Å². The lowest BCUT2D eigenvalue weighted by Gasteiger charge is -2.28. The van der Waals surface area contributed by atoms with Crippen molar-refractivity contribution in [2.45, 2.75) is 6.92 Å². The average molecular weight is 309 g/mol. The van der Waals surface area contributed by atoms with Gasteiger partial charge in [-0.1, -0.05) is 0 Å². The van der Waals surface area contributed by atoms with E-state index in [4.69, 9.17) is 15.5 Å². The molecule has 0 amide bonds. The smallest absolute Gasteiger partial charge is 0.182 e. The van der Waals surface area contributed by atoms with Crippen molar-refractivity contribution in [1.82, 2.24) is 14.6 Å². The van der Waals surface area contributed by atoms with E-state index >= 15 is 0 Å². The Hall–Kier alpha value is -2.60. The molecule has 0 unspecified atom stereocenters. The largest absolute Gasteiger partial charge is 0.399 e. The van der Waals surface area contributed by atoms with Gasteiger partial charge in [0.1, 0.15) is 5.52 Å². The lowest BCUT2D eigenvalue weighted by atomic mass is 10.2. The predicted molar refractivity (Wildman–Crippen MR) is 90.6 cm³/mol. The second-order valence-corrected chi connectivity index (χ2v) is 5.83. The number of nitrogen functional groups attached to an aromatic ring is 1. The molecule has 1 aliphatic heterocycles. The van der Waals surface area contributed by atoms with Crippen LogP contribution in [-0.4, -0.2) is 40.9 Å². The Bertz CT molecular complexity index is 834. The minimum Gasteiger partial charge on any atom is -0.399 e. The second-order valence-electron chi connectivity index (χ2n) is 5.83. The summed E-state index contributed by atoms with van der Waals surface area (Å²) in [7, 11) is 0. The van der Waals surface area contributed by atoms with Crippen LogP contribution in [-0.2, 0) is 4.74 Å². The molecule has 1 fully saturated rings. The molecule has 2 N–H and O–H groups in total. The van der Waals surface area contributed by atoms with E-state index in [-0.39, 0.29) is 0 Å². The van der Waals surface area contributed by atoms with Gasteiger partial charge in [0, 0.05) is 30.5 Å². The van der Waals surface area contributed by atoms with E-state index in [1.54, 1.807) is 0 Å². The Morgan fingerprint density at radius 3 is 2.61 bits per heavy atom. The molecule has 1 saturated heterocycles. The van der Waals surface area contributed by atoms with E-state index in [1.165, 1.54) is 5.56 Å². The summed E-state index contributed by atoms with van der Waals surface area (Å²) in [4.78, 5) is 7.10. The number of nitrogens with zero attached hydrogens (tertiary/aromatic N) is 4. The van der Waals surface area contributed by atoms with E-state index < -0.39 is 0 Å². The zero-order chi connectivity index (χ0) is 15.8. The molecule has 118 valence electrons. The summed E-state index contributed by atoms with van der Waals surface area (Å²) in [6.45, 7) is 5.22. The van der Waals surface area contributed by atoms with Crippen LogP contribution in [0.25, 0.3) is 16.9 Å². The summed E-state index contributed by atoms with van der Waals surface area (Å²) in [5.41, 5.74) is 9.67. The zero-order valence-corrected chi connectivity index (χ0v) is 13.1. The number of aromatic nitrogens is 3. The number of benzene rings is 1. The first kappa shape index (κ1) is 14.0. The first-order valence-electron chi connectivity index (χ1n) is 7.76. The number of rotatable bonds is 2. The molecule has 4 rings (SSSR count). The Morgan fingerprint density at radius 1 is 1.13 bits per heavy atom. The predicted octanol–water partition coefficient (Wildman–Crippen LogP) is 2.12. The fourth-order valence-electron chi connectivity index (χ4n) is 2.88. The molecule has 3 heterocycles. The molecule has 6 heteroatoms. The zero-order valence-electron chi connectivity index (χ0n) is 13.1. The first-order chi connectivity index (χ1) is 11.2. The molecule has 23 heavy (non-hydrogen) atoms. The van der Waals surface area contributed by atoms with Gasteiger partial charge in [0.2, 0.25) is 0 Å². The summed E-state index contributed by atoms with van der Waals surface area (Å²) >= 11 is 0. The molecular weight excluding hydrogens is 290 g/mol. The van der Waals surface area contributed by atoms with Gasteiger partial charge < -0.3 is 15.4 Å². The van der Waals surface area contributed by atoms with Crippen molar-refractivity contribution in [3.63, 3.8) is 0 Å². The Morgan fingerprint density at radius 2 is 1.87 bits per heavy atom. The minimum atomic E-state index is 0.703.